The van der Waals surface area contributed by atoms with E-state index in [0.717, 1.165) is 11.1 Å². The summed E-state index contributed by atoms with van der Waals surface area (Å²) in [6.07, 6.45) is 0.0167. The Morgan fingerprint density at radius 2 is 2.28 bits per heavy atom. The number of rotatable bonds is 2. The second kappa shape index (κ2) is 4.51. The molecule has 18 heavy (non-hydrogen) atoms. The summed E-state index contributed by atoms with van der Waals surface area (Å²) < 4.78 is 0. The second-order valence-electron chi connectivity index (χ2n) is 4.30. The first-order valence-electron chi connectivity index (χ1n) is 5.70. The highest BCUT2D eigenvalue weighted by atomic mass is 32.1. The first kappa shape index (κ1) is 11.4. The van der Waals surface area contributed by atoms with Crippen LogP contribution in [0, 0.1) is 0 Å². The Hall–Kier alpha value is -1.72. The highest BCUT2D eigenvalue weighted by Gasteiger charge is 2.32. The van der Waals surface area contributed by atoms with Gasteiger partial charge >= 0.3 is 0 Å². The first-order valence-corrected chi connectivity index (χ1v) is 6.65. The van der Waals surface area contributed by atoms with Crippen molar-refractivity contribution in [2.75, 3.05) is 0 Å². The van der Waals surface area contributed by atoms with E-state index in [1.807, 2.05) is 24.3 Å². The van der Waals surface area contributed by atoms with Crippen LogP contribution in [0.3, 0.4) is 0 Å². The number of hydrogen-bond acceptors (Lipinski definition) is 4. The number of fused-ring (bicyclic) bond motifs is 1. The predicted octanol–water partition coefficient (Wildman–Crippen LogP) is 1.53. The maximum absolute atomic E-state index is 11.9. The van der Waals surface area contributed by atoms with Gasteiger partial charge in [-0.05, 0) is 11.1 Å². The molecule has 1 amide bonds. The van der Waals surface area contributed by atoms with Gasteiger partial charge in [0.1, 0.15) is 5.69 Å². The van der Waals surface area contributed by atoms with Gasteiger partial charge in [0.05, 0.1) is 17.7 Å². The Labute approximate surface area is 108 Å². The van der Waals surface area contributed by atoms with Crippen LogP contribution in [0.1, 0.15) is 27.7 Å². The van der Waals surface area contributed by atoms with Crippen molar-refractivity contribution in [3.05, 3.63) is 52.0 Å². The zero-order valence-electron chi connectivity index (χ0n) is 9.54. The minimum absolute atomic E-state index is 0.239. The van der Waals surface area contributed by atoms with E-state index in [1.54, 1.807) is 10.9 Å². The average Bonchev–Trinajstić information content (AvgIpc) is 2.98. The van der Waals surface area contributed by atoms with Gasteiger partial charge in [-0.15, -0.1) is 11.3 Å². The quantitative estimate of drug-likeness (QED) is 0.860. The average molecular weight is 260 g/mol. The minimum atomic E-state index is -0.565. The van der Waals surface area contributed by atoms with Gasteiger partial charge in [0.2, 0.25) is 0 Å². The molecule has 92 valence electrons. The van der Waals surface area contributed by atoms with Crippen molar-refractivity contribution in [1.82, 2.24) is 10.3 Å². The van der Waals surface area contributed by atoms with Gasteiger partial charge in [-0.25, -0.2) is 4.98 Å². The van der Waals surface area contributed by atoms with Crippen LogP contribution in [0.4, 0.5) is 0 Å². The molecule has 0 radical (unpaired) electrons. The van der Waals surface area contributed by atoms with Crippen LogP contribution in [0.2, 0.25) is 0 Å². The van der Waals surface area contributed by atoms with Gasteiger partial charge in [0.25, 0.3) is 5.91 Å². The number of aliphatic hydroxyl groups excluding tert-OH is 1. The summed E-state index contributed by atoms with van der Waals surface area (Å²) in [5, 5.41) is 14.6. The van der Waals surface area contributed by atoms with Crippen LogP contribution in [0.25, 0.3) is 0 Å². The molecule has 1 aromatic carbocycles. The summed E-state index contributed by atoms with van der Waals surface area (Å²) in [5.74, 6) is -0.239. The van der Waals surface area contributed by atoms with Gasteiger partial charge in [0, 0.05) is 11.8 Å². The summed E-state index contributed by atoms with van der Waals surface area (Å²) in [6, 6.07) is 7.44. The molecule has 0 fully saturated rings. The van der Waals surface area contributed by atoms with Gasteiger partial charge in [-0.1, -0.05) is 24.3 Å². The third-order valence-electron chi connectivity index (χ3n) is 3.16. The molecule has 1 heterocycles. The molecule has 5 heteroatoms. The predicted molar refractivity (Wildman–Crippen MR) is 68.5 cm³/mol. The number of nitrogens with zero attached hydrogens (tertiary/aromatic N) is 1. The van der Waals surface area contributed by atoms with Gasteiger partial charge < -0.3 is 10.4 Å². The molecule has 0 saturated carbocycles. The lowest BCUT2D eigenvalue weighted by Crippen LogP contribution is -2.34. The number of carbonyl (C=O) groups is 1. The van der Waals surface area contributed by atoms with Crippen molar-refractivity contribution in [1.29, 1.82) is 0 Å². The largest absolute Gasteiger partial charge is 0.390 e. The third-order valence-corrected chi connectivity index (χ3v) is 3.74. The lowest BCUT2D eigenvalue weighted by molar-refractivity contribution is 0.0854. The Morgan fingerprint density at radius 3 is 3.06 bits per heavy atom. The molecule has 1 aliphatic rings. The van der Waals surface area contributed by atoms with Gasteiger partial charge in [-0.3, -0.25) is 4.79 Å². The second-order valence-corrected chi connectivity index (χ2v) is 5.01. The fourth-order valence-electron chi connectivity index (χ4n) is 2.29. The first-order chi connectivity index (χ1) is 8.75. The standard InChI is InChI=1S/C13H12N2O2S/c16-11-5-8-3-1-2-4-9(8)12(11)15-13(17)10-6-18-7-14-10/h1-4,6-7,11-12,16H,5H2,(H,15,17). The third kappa shape index (κ3) is 1.91. The van der Waals surface area contributed by atoms with Gasteiger partial charge in [-0.2, -0.15) is 0 Å². The number of carbonyl (C=O) groups excluding carboxylic acids is 1. The number of benzene rings is 1. The number of nitrogens with one attached hydrogen (secondary N) is 1. The number of aromatic nitrogens is 1. The van der Waals surface area contributed by atoms with E-state index in [4.69, 9.17) is 0 Å². The Bertz CT molecular complexity index is 568. The van der Waals surface area contributed by atoms with Gasteiger partial charge in [0.15, 0.2) is 0 Å². The van der Waals surface area contributed by atoms with Crippen molar-refractivity contribution in [2.24, 2.45) is 0 Å². The summed E-state index contributed by atoms with van der Waals surface area (Å²) in [5.41, 5.74) is 4.10. The maximum atomic E-state index is 11.9. The van der Waals surface area contributed by atoms with Crippen molar-refractivity contribution in [3.8, 4) is 0 Å². The van der Waals surface area contributed by atoms with E-state index in [-0.39, 0.29) is 11.9 Å². The molecule has 4 nitrogen and oxygen atoms in total. The molecule has 2 N–H and O–H groups in total. The number of thiazole rings is 1. The van der Waals surface area contributed by atoms with E-state index in [0.29, 0.717) is 12.1 Å². The summed E-state index contributed by atoms with van der Waals surface area (Å²) in [6.45, 7) is 0. The maximum Gasteiger partial charge on any atom is 0.271 e. The summed E-state index contributed by atoms with van der Waals surface area (Å²) >= 11 is 1.38. The van der Waals surface area contributed by atoms with E-state index in [9.17, 15) is 9.90 Å². The normalized spacial score (nSPS) is 21.6. The van der Waals surface area contributed by atoms with Crippen molar-refractivity contribution >= 4 is 17.2 Å². The van der Waals surface area contributed by atoms with Crippen LogP contribution in [-0.2, 0) is 6.42 Å². The lowest BCUT2D eigenvalue weighted by atomic mass is 10.1. The molecule has 1 aromatic heterocycles. The highest BCUT2D eigenvalue weighted by molar-refractivity contribution is 7.07. The minimum Gasteiger partial charge on any atom is -0.390 e. The van der Waals surface area contributed by atoms with Crippen molar-refractivity contribution in [2.45, 2.75) is 18.6 Å². The Morgan fingerprint density at radius 1 is 1.44 bits per heavy atom. The molecule has 2 unspecified atom stereocenters. The van der Waals surface area contributed by atoms with E-state index in [1.165, 1.54) is 11.3 Å². The molecule has 1 aliphatic carbocycles. The Balaban J connectivity index is 1.83. The van der Waals surface area contributed by atoms with Crippen LogP contribution in [0.5, 0.6) is 0 Å². The molecule has 0 aliphatic heterocycles. The van der Waals surface area contributed by atoms with E-state index < -0.39 is 6.10 Å². The smallest absolute Gasteiger partial charge is 0.271 e. The molecular formula is C13H12N2O2S. The zero-order valence-corrected chi connectivity index (χ0v) is 10.4. The zero-order chi connectivity index (χ0) is 12.5. The fourth-order valence-corrected chi connectivity index (χ4v) is 2.82. The van der Waals surface area contributed by atoms with Crippen LogP contribution in [0.15, 0.2) is 35.2 Å². The number of amides is 1. The number of hydrogen-bond donors (Lipinski definition) is 2. The SMILES string of the molecule is O=C(NC1c2ccccc2CC1O)c1cscn1. The monoisotopic (exact) mass is 260 g/mol. The van der Waals surface area contributed by atoms with Crippen LogP contribution >= 0.6 is 11.3 Å². The number of aliphatic hydroxyl groups is 1. The summed E-state index contributed by atoms with van der Waals surface area (Å²) in [7, 11) is 0. The molecular weight excluding hydrogens is 248 g/mol. The van der Waals surface area contributed by atoms with Crippen LogP contribution in [-0.4, -0.2) is 22.1 Å². The van der Waals surface area contributed by atoms with Crippen molar-refractivity contribution < 1.29 is 9.90 Å². The molecule has 3 rings (SSSR count). The van der Waals surface area contributed by atoms with Crippen molar-refractivity contribution in [3.63, 3.8) is 0 Å². The Kier molecular flexibility index (Phi) is 2.85. The van der Waals surface area contributed by atoms with E-state index in [2.05, 4.69) is 10.3 Å². The summed E-state index contributed by atoms with van der Waals surface area (Å²) in [4.78, 5) is 15.9. The fraction of sp³-hybridized carbons (Fsp3) is 0.231. The van der Waals surface area contributed by atoms with E-state index >= 15 is 0 Å². The highest BCUT2D eigenvalue weighted by Crippen LogP contribution is 2.31. The topological polar surface area (TPSA) is 62.2 Å². The molecule has 0 spiro atoms. The molecule has 2 aromatic rings. The molecule has 0 bridgehead atoms. The molecule has 0 saturated heterocycles. The molecule has 2 atom stereocenters. The van der Waals surface area contributed by atoms with Crippen LogP contribution < -0.4 is 5.32 Å². The lowest BCUT2D eigenvalue weighted by Gasteiger charge is -2.17.